The molecular weight excluding hydrogens is 434 g/mol. The van der Waals surface area contributed by atoms with Crippen molar-refractivity contribution >= 4 is 5.91 Å². The number of nitrogens with zero attached hydrogens (tertiary/aromatic N) is 2. The van der Waals surface area contributed by atoms with Crippen LogP contribution >= 0.6 is 0 Å². The first-order chi connectivity index (χ1) is 16.5. The molecule has 2 rings (SSSR count). The molecule has 1 N–H and O–H groups in total. The van der Waals surface area contributed by atoms with Crippen LogP contribution in [-0.4, -0.2) is 55.7 Å². The molecule has 0 saturated heterocycles. The van der Waals surface area contributed by atoms with Crippen LogP contribution in [0.1, 0.15) is 71.6 Å². The molecule has 0 saturated carbocycles. The van der Waals surface area contributed by atoms with Crippen molar-refractivity contribution in [1.29, 1.82) is 0 Å². The molecule has 0 aliphatic heterocycles. The molecule has 1 aromatic carbocycles. The summed E-state index contributed by atoms with van der Waals surface area (Å²) < 4.78 is 22.2. The topological polar surface area (TPSA) is 95.7 Å². The van der Waals surface area contributed by atoms with Crippen LogP contribution in [0.25, 0.3) is 11.5 Å². The van der Waals surface area contributed by atoms with Crippen molar-refractivity contribution in [3.63, 3.8) is 0 Å². The largest absolute Gasteiger partial charge is 0.491 e. The maximum atomic E-state index is 11.7. The third kappa shape index (κ3) is 11.6. The Bertz CT molecular complexity index is 805. The lowest BCUT2D eigenvalue weighted by molar-refractivity contribution is -0.126. The van der Waals surface area contributed by atoms with Crippen LogP contribution < -0.4 is 10.1 Å². The van der Waals surface area contributed by atoms with Crippen LogP contribution in [0.5, 0.6) is 5.75 Å². The first-order valence-corrected chi connectivity index (χ1v) is 12.4. The Morgan fingerprint density at radius 1 is 0.912 bits per heavy atom. The quantitative estimate of drug-likeness (QED) is 0.303. The number of carbonyl (C=O) groups excluding carboxylic acids is 1. The average Bonchev–Trinajstić information content (AvgIpc) is 3.31. The molecule has 0 bridgehead atoms. The van der Waals surface area contributed by atoms with Crippen molar-refractivity contribution in [1.82, 2.24) is 15.5 Å². The molecule has 8 nitrogen and oxygen atoms in total. The van der Waals surface area contributed by atoms with Gasteiger partial charge in [-0.25, -0.2) is 0 Å². The Kier molecular flexibility index (Phi) is 13.3. The Balaban J connectivity index is 1.44. The van der Waals surface area contributed by atoms with Gasteiger partial charge in [0.1, 0.15) is 19.0 Å². The Labute approximate surface area is 203 Å². The molecule has 2 aromatic rings. The minimum atomic E-state index is -0.0741. The summed E-state index contributed by atoms with van der Waals surface area (Å²) in [5.74, 6) is 2.77. The highest BCUT2D eigenvalue weighted by atomic mass is 16.5. The number of ether oxygens (including phenoxy) is 3. The van der Waals surface area contributed by atoms with Crippen molar-refractivity contribution < 1.29 is 23.4 Å². The number of amides is 1. The van der Waals surface area contributed by atoms with E-state index >= 15 is 0 Å². The van der Waals surface area contributed by atoms with Gasteiger partial charge in [0.05, 0.1) is 19.8 Å². The third-order valence-corrected chi connectivity index (χ3v) is 5.17. The molecule has 34 heavy (non-hydrogen) atoms. The highest BCUT2D eigenvalue weighted by molar-refractivity contribution is 5.77. The number of hydrogen-bond donors (Lipinski definition) is 1. The summed E-state index contributed by atoms with van der Waals surface area (Å²) in [5.41, 5.74) is 0.853. The number of hydrogen-bond acceptors (Lipinski definition) is 7. The van der Waals surface area contributed by atoms with Crippen molar-refractivity contribution in [3.05, 3.63) is 30.2 Å². The molecule has 190 valence electrons. The highest BCUT2D eigenvalue weighted by Crippen LogP contribution is 2.23. The molecule has 0 atom stereocenters. The lowest BCUT2D eigenvalue weighted by Crippen LogP contribution is -2.29. The molecule has 1 heterocycles. The van der Waals surface area contributed by atoms with Crippen LogP contribution in [0.3, 0.4) is 0 Å². The van der Waals surface area contributed by atoms with Gasteiger partial charge in [0.2, 0.25) is 17.7 Å². The smallest absolute Gasteiger partial charge is 0.247 e. The summed E-state index contributed by atoms with van der Waals surface area (Å²) in [6.07, 6.45) is 5.96. The van der Waals surface area contributed by atoms with Crippen LogP contribution in [0.4, 0.5) is 0 Å². The summed E-state index contributed by atoms with van der Waals surface area (Å²) >= 11 is 0. The molecular formula is C26H41N3O5. The molecule has 1 aromatic heterocycles. The predicted molar refractivity (Wildman–Crippen MR) is 132 cm³/mol. The van der Waals surface area contributed by atoms with E-state index in [0.717, 1.165) is 30.1 Å². The summed E-state index contributed by atoms with van der Waals surface area (Å²) in [6.45, 7) is 11.0. The number of nitrogens with one attached hydrogen (secondary N) is 1. The van der Waals surface area contributed by atoms with E-state index in [1.165, 1.54) is 19.3 Å². The first kappa shape index (κ1) is 27.8. The number of carbonyl (C=O) groups is 1. The monoisotopic (exact) mass is 475 g/mol. The summed E-state index contributed by atoms with van der Waals surface area (Å²) in [6, 6.07) is 7.50. The first-order valence-electron chi connectivity index (χ1n) is 12.4. The maximum absolute atomic E-state index is 11.7. The summed E-state index contributed by atoms with van der Waals surface area (Å²) in [4.78, 5) is 11.7. The van der Waals surface area contributed by atoms with Crippen molar-refractivity contribution in [3.8, 4) is 17.2 Å². The molecule has 1 amide bonds. The van der Waals surface area contributed by atoms with Crippen molar-refractivity contribution in [2.24, 2.45) is 5.92 Å². The molecule has 0 aliphatic rings. The Morgan fingerprint density at radius 2 is 1.62 bits per heavy atom. The van der Waals surface area contributed by atoms with Crippen LogP contribution in [-0.2, 0) is 14.3 Å². The van der Waals surface area contributed by atoms with Crippen LogP contribution in [0, 0.1) is 5.92 Å². The van der Waals surface area contributed by atoms with Crippen LogP contribution in [0.15, 0.2) is 28.7 Å². The Hall–Kier alpha value is -2.45. The number of aromatic nitrogens is 2. The second-order valence-electron chi connectivity index (χ2n) is 9.08. The molecule has 0 spiro atoms. The number of rotatable bonds is 18. The average molecular weight is 476 g/mol. The van der Waals surface area contributed by atoms with E-state index in [-0.39, 0.29) is 18.4 Å². The summed E-state index contributed by atoms with van der Waals surface area (Å²) in [5, 5.41) is 11.0. The normalized spacial score (nSPS) is 11.4. The van der Waals surface area contributed by atoms with Crippen molar-refractivity contribution in [2.75, 3.05) is 39.6 Å². The highest BCUT2D eigenvalue weighted by Gasteiger charge is 2.11. The molecule has 8 heteroatoms. The lowest BCUT2D eigenvalue weighted by Gasteiger charge is -2.09. The zero-order chi connectivity index (χ0) is 24.6. The van der Waals surface area contributed by atoms with Gasteiger partial charge in [0, 0.05) is 18.0 Å². The number of unbranched alkanes of at least 4 members (excludes halogenated alkanes) is 3. The fourth-order valence-corrected chi connectivity index (χ4v) is 3.19. The van der Waals surface area contributed by atoms with Crippen LogP contribution in [0.2, 0.25) is 0 Å². The minimum absolute atomic E-state index is 0.0677. The minimum Gasteiger partial charge on any atom is -0.491 e. The van der Waals surface area contributed by atoms with Gasteiger partial charge in [-0.15, -0.1) is 10.2 Å². The molecule has 0 aliphatic carbocycles. The van der Waals surface area contributed by atoms with Gasteiger partial charge in [-0.1, -0.05) is 53.4 Å². The van der Waals surface area contributed by atoms with Gasteiger partial charge < -0.3 is 23.9 Å². The van der Waals surface area contributed by atoms with E-state index in [2.05, 4.69) is 29.4 Å². The fraction of sp³-hybridized carbons (Fsp3) is 0.654. The van der Waals surface area contributed by atoms with E-state index in [0.29, 0.717) is 44.8 Å². The SMILES string of the molecule is CC(C)CCCCCCNC(=O)COCCOCCOc1ccc(-c2nnc(C(C)C)o2)cc1. The predicted octanol–water partition coefficient (Wildman–Crippen LogP) is 4.99. The van der Waals surface area contributed by atoms with Gasteiger partial charge >= 0.3 is 0 Å². The summed E-state index contributed by atoms with van der Waals surface area (Å²) in [7, 11) is 0. The zero-order valence-electron chi connectivity index (χ0n) is 21.2. The maximum Gasteiger partial charge on any atom is 0.247 e. The van der Waals surface area contributed by atoms with E-state index < -0.39 is 0 Å². The van der Waals surface area contributed by atoms with Gasteiger partial charge in [-0.2, -0.15) is 0 Å². The van der Waals surface area contributed by atoms with Crippen molar-refractivity contribution in [2.45, 2.75) is 65.7 Å². The standard InChI is InChI=1S/C26H41N3O5/c1-20(2)9-7-5-6-8-14-27-24(30)19-32-16-15-31-17-18-33-23-12-10-22(11-13-23)26-29-28-25(34-26)21(3)4/h10-13,20-21H,5-9,14-19H2,1-4H3,(H,27,30). The van der Waals surface area contributed by atoms with Gasteiger partial charge in [0.25, 0.3) is 0 Å². The zero-order valence-corrected chi connectivity index (χ0v) is 21.2. The van der Waals surface area contributed by atoms with E-state index in [1.807, 2.05) is 38.1 Å². The third-order valence-electron chi connectivity index (χ3n) is 5.17. The molecule has 0 unspecified atom stereocenters. The van der Waals surface area contributed by atoms with E-state index in [1.54, 1.807) is 0 Å². The Morgan fingerprint density at radius 3 is 2.32 bits per heavy atom. The molecule has 0 fully saturated rings. The van der Waals surface area contributed by atoms with Gasteiger partial charge in [-0.3, -0.25) is 4.79 Å². The number of benzene rings is 1. The second kappa shape index (κ2) is 16.2. The molecule has 0 radical (unpaired) electrons. The van der Waals surface area contributed by atoms with E-state index in [9.17, 15) is 4.79 Å². The lowest BCUT2D eigenvalue weighted by atomic mass is 10.0. The van der Waals surface area contributed by atoms with Gasteiger partial charge in [0.15, 0.2) is 0 Å². The second-order valence-corrected chi connectivity index (χ2v) is 9.08. The van der Waals surface area contributed by atoms with Gasteiger partial charge in [-0.05, 0) is 36.6 Å². The fourth-order valence-electron chi connectivity index (χ4n) is 3.19. The van der Waals surface area contributed by atoms with E-state index in [4.69, 9.17) is 18.6 Å².